The first-order valence-electron chi connectivity index (χ1n) is 13.5. The molecule has 0 aliphatic rings. The van der Waals surface area contributed by atoms with E-state index in [0.29, 0.717) is 29.1 Å². The molecule has 5 aromatic carbocycles. The van der Waals surface area contributed by atoms with Crippen LogP contribution in [0.1, 0.15) is 42.2 Å². The van der Waals surface area contributed by atoms with Gasteiger partial charge in [-0.2, -0.15) is 0 Å². The van der Waals surface area contributed by atoms with Crippen LogP contribution in [0, 0.1) is 0 Å². The molecule has 5 aromatic rings. The van der Waals surface area contributed by atoms with Gasteiger partial charge >= 0.3 is 5.97 Å². The third-order valence-corrected chi connectivity index (χ3v) is 6.70. The third-order valence-electron chi connectivity index (χ3n) is 6.70. The molecule has 0 unspecified atom stereocenters. The van der Waals surface area contributed by atoms with Crippen LogP contribution in [0.15, 0.2) is 127 Å². The molecule has 0 fully saturated rings. The molecule has 0 bridgehead atoms. The highest BCUT2D eigenvalue weighted by molar-refractivity contribution is 6.06. The second-order valence-corrected chi connectivity index (χ2v) is 9.70. The Morgan fingerprint density at radius 1 is 0.674 bits per heavy atom. The van der Waals surface area contributed by atoms with Crippen molar-refractivity contribution >= 4 is 23.5 Å². The molecule has 0 aliphatic heterocycles. The van der Waals surface area contributed by atoms with Gasteiger partial charge in [-0.15, -0.1) is 0 Å². The van der Waals surface area contributed by atoms with E-state index in [4.69, 9.17) is 4.74 Å². The summed E-state index contributed by atoms with van der Waals surface area (Å²) in [6.07, 6.45) is 0. The van der Waals surface area contributed by atoms with Gasteiger partial charge < -0.3 is 25.2 Å². The van der Waals surface area contributed by atoms with Crippen LogP contribution in [0.4, 0.5) is 5.69 Å². The molecular formula is C35H28N2O6. The second-order valence-electron chi connectivity index (χ2n) is 9.70. The van der Waals surface area contributed by atoms with Crippen molar-refractivity contribution in [1.29, 1.82) is 0 Å². The van der Waals surface area contributed by atoms with Crippen LogP contribution in [-0.2, 0) is 13.1 Å². The first-order valence-corrected chi connectivity index (χ1v) is 13.5. The van der Waals surface area contributed by atoms with E-state index in [1.807, 2.05) is 54.6 Å². The van der Waals surface area contributed by atoms with Gasteiger partial charge in [0.2, 0.25) is 0 Å². The molecule has 0 aliphatic carbocycles. The minimum Gasteiger partial charge on any atom is -0.507 e. The average molecular weight is 573 g/mol. The number of aromatic carboxylic acids is 1. The second kappa shape index (κ2) is 13.2. The standard InChI is InChI=1S/C35H28N2O6/c38-32-20-17-28(21-31(32)35(41)42)37(34(40)27-7-3-1-4-8-27)23-25-11-15-26(16-12-25)33(39)36-22-24-13-18-30(19-14-24)43-29-9-5-2-6-10-29/h1-21,38H,22-23H2,(H,36,39)(H,41,42). The Balaban J connectivity index is 1.26. The predicted octanol–water partition coefficient (Wildman–Crippen LogP) is 6.66. The molecule has 0 saturated heterocycles. The summed E-state index contributed by atoms with van der Waals surface area (Å²) >= 11 is 0. The van der Waals surface area contributed by atoms with Crippen molar-refractivity contribution in [3.8, 4) is 17.2 Å². The van der Waals surface area contributed by atoms with Gasteiger partial charge in [-0.3, -0.25) is 9.59 Å². The number of nitrogens with zero attached hydrogens (tertiary/aromatic N) is 1. The normalized spacial score (nSPS) is 10.5. The maximum atomic E-state index is 13.5. The lowest BCUT2D eigenvalue weighted by Gasteiger charge is -2.24. The van der Waals surface area contributed by atoms with Gasteiger partial charge in [0.05, 0.1) is 6.54 Å². The zero-order valence-corrected chi connectivity index (χ0v) is 23.0. The third kappa shape index (κ3) is 7.25. The first kappa shape index (κ1) is 28.6. The molecule has 2 amide bonds. The van der Waals surface area contributed by atoms with Crippen molar-refractivity contribution in [2.75, 3.05) is 4.90 Å². The van der Waals surface area contributed by atoms with Crippen LogP contribution in [0.25, 0.3) is 0 Å². The van der Waals surface area contributed by atoms with E-state index in [2.05, 4.69) is 5.32 Å². The summed E-state index contributed by atoms with van der Waals surface area (Å²) in [6.45, 7) is 0.440. The van der Waals surface area contributed by atoms with Crippen LogP contribution in [-0.4, -0.2) is 28.0 Å². The van der Waals surface area contributed by atoms with Crippen LogP contribution < -0.4 is 15.0 Å². The number of hydrogen-bond acceptors (Lipinski definition) is 5. The number of para-hydroxylation sites is 1. The molecule has 8 heteroatoms. The number of anilines is 1. The summed E-state index contributed by atoms with van der Waals surface area (Å²) in [7, 11) is 0. The fourth-order valence-corrected chi connectivity index (χ4v) is 4.41. The molecular weight excluding hydrogens is 544 g/mol. The maximum absolute atomic E-state index is 13.5. The van der Waals surface area contributed by atoms with E-state index in [0.717, 1.165) is 16.9 Å². The largest absolute Gasteiger partial charge is 0.507 e. The lowest BCUT2D eigenvalue weighted by atomic mass is 10.1. The Morgan fingerprint density at radius 2 is 1.28 bits per heavy atom. The summed E-state index contributed by atoms with van der Waals surface area (Å²) in [5.74, 6) is -0.855. The number of ether oxygens (including phenoxy) is 1. The maximum Gasteiger partial charge on any atom is 0.339 e. The van der Waals surface area contributed by atoms with Gasteiger partial charge in [-0.1, -0.05) is 60.7 Å². The zero-order valence-electron chi connectivity index (χ0n) is 23.0. The number of carboxylic acids is 1. The molecule has 5 rings (SSSR count). The van der Waals surface area contributed by atoms with Crippen molar-refractivity contribution in [2.45, 2.75) is 13.1 Å². The van der Waals surface area contributed by atoms with Gasteiger partial charge in [-0.25, -0.2) is 4.79 Å². The van der Waals surface area contributed by atoms with E-state index in [9.17, 15) is 24.6 Å². The van der Waals surface area contributed by atoms with Gasteiger partial charge in [0.1, 0.15) is 22.8 Å². The number of carboxylic acid groups (broad SMARTS) is 1. The molecule has 43 heavy (non-hydrogen) atoms. The number of carbonyl (C=O) groups excluding carboxylic acids is 2. The van der Waals surface area contributed by atoms with E-state index in [1.54, 1.807) is 54.6 Å². The van der Waals surface area contributed by atoms with Gasteiger partial charge in [0.25, 0.3) is 11.8 Å². The molecule has 0 spiro atoms. The van der Waals surface area contributed by atoms with Crippen molar-refractivity contribution in [2.24, 2.45) is 0 Å². The highest BCUT2D eigenvalue weighted by Gasteiger charge is 2.21. The summed E-state index contributed by atoms with van der Waals surface area (Å²) in [6, 6.07) is 36.4. The van der Waals surface area contributed by atoms with E-state index >= 15 is 0 Å². The summed E-state index contributed by atoms with van der Waals surface area (Å²) in [5, 5.41) is 22.4. The minimum atomic E-state index is -1.31. The Morgan fingerprint density at radius 3 is 1.93 bits per heavy atom. The highest BCUT2D eigenvalue weighted by atomic mass is 16.5. The van der Waals surface area contributed by atoms with E-state index in [-0.39, 0.29) is 23.9 Å². The fourth-order valence-electron chi connectivity index (χ4n) is 4.41. The zero-order chi connectivity index (χ0) is 30.2. The van der Waals surface area contributed by atoms with Crippen molar-refractivity contribution in [1.82, 2.24) is 5.32 Å². The van der Waals surface area contributed by atoms with Crippen LogP contribution in [0.5, 0.6) is 17.2 Å². The Labute approximate surface area is 248 Å². The number of hydrogen-bond donors (Lipinski definition) is 3. The quantitative estimate of drug-likeness (QED) is 0.172. The first-order chi connectivity index (χ1) is 20.9. The average Bonchev–Trinajstić information content (AvgIpc) is 3.04. The summed E-state index contributed by atoms with van der Waals surface area (Å²) in [4.78, 5) is 39.3. The van der Waals surface area contributed by atoms with Crippen molar-refractivity contribution < 1.29 is 29.3 Å². The molecule has 8 nitrogen and oxygen atoms in total. The number of phenols is 1. The van der Waals surface area contributed by atoms with Crippen LogP contribution in [0.3, 0.4) is 0 Å². The van der Waals surface area contributed by atoms with Crippen LogP contribution in [0.2, 0.25) is 0 Å². The Hall–Kier alpha value is -5.89. The van der Waals surface area contributed by atoms with Gasteiger partial charge in [0.15, 0.2) is 0 Å². The number of benzene rings is 5. The molecule has 0 saturated carbocycles. The number of nitrogens with one attached hydrogen (secondary N) is 1. The lowest BCUT2D eigenvalue weighted by molar-refractivity contribution is 0.0693. The SMILES string of the molecule is O=C(NCc1ccc(Oc2ccccc2)cc1)c1ccc(CN(C(=O)c2ccccc2)c2ccc(O)c(C(=O)O)c2)cc1. The minimum absolute atomic E-state index is 0.108. The molecule has 0 radical (unpaired) electrons. The predicted molar refractivity (Wildman–Crippen MR) is 163 cm³/mol. The van der Waals surface area contributed by atoms with Crippen LogP contribution >= 0.6 is 0 Å². The Kier molecular flexibility index (Phi) is 8.78. The van der Waals surface area contributed by atoms with Crippen molar-refractivity contribution in [3.05, 3.63) is 155 Å². The Bertz CT molecular complexity index is 1720. The van der Waals surface area contributed by atoms with E-state index in [1.165, 1.54) is 23.1 Å². The molecule has 214 valence electrons. The fraction of sp³-hybridized carbons (Fsp3) is 0.0571. The van der Waals surface area contributed by atoms with Crippen molar-refractivity contribution in [3.63, 3.8) is 0 Å². The molecule has 0 aromatic heterocycles. The topological polar surface area (TPSA) is 116 Å². The lowest BCUT2D eigenvalue weighted by Crippen LogP contribution is -2.30. The number of amides is 2. The summed E-state index contributed by atoms with van der Waals surface area (Å²) < 4.78 is 5.81. The monoisotopic (exact) mass is 572 g/mol. The number of aromatic hydroxyl groups is 1. The number of rotatable bonds is 10. The van der Waals surface area contributed by atoms with E-state index < -0.39 is 11.7 Å². The highest BCUT2D eigenvalue weighted by Crippen LogP contribution is 2.27. The van der Waals surface area contributed by atoms with Gasteiger partial charge in [-0.05, 0) is 77.9 Å². The molecule has 0 atom stereocenters. The molecule has 3 N–H and O–H groups in total. The molecule has 0 heterocycles. The number of carbonyl (C=O) groups is 3. The van der Waals surface area contributed by atoms with Gasteiger partial charge in [0, 0.05) is 23.4 Å². The smallest absolute Gasteiger partial charge is 0.339 e. The summed E-state index contributed by atoms with van der Waals surface area (Å²) in [5.41, 5.74) is 2.50.